The van der Waals surface area contributed by atoms with Crippen molar-refractivity contribution in [2.45, 2.75) is 43.6 Å². The van der Waals surface area contributed by atoms with Gasteiger partial charge in [0.25, 0.3) is 0 Å². The quantitative estimate of drug-likeness (QED) is 0.928. The number of carbonyl (C=O) groups is 2. The minimum Gasteiger partial charge on any atom is -0.368 e. The van der Waals surface area contributed by atoms with Crippen LogP contribution in [0.5, 0.6) is 0 Å². The van der Waals surface area contributed by atoms with E-state index in [1.54, 1.807) is 11.0 Å². The van der Waals surface area contributed by atoms with Crippen LogP contribution < -0.4 is 5.73 Å². The van der Waals surface area contributed by atoms with Crippen molar-refractivity contribution in [3.05, 3.63) is 71.3 Å². The number of fused-ring (bicyclic) bond motifs is 1. The van der Waals surface area contributed by atoms with Crippen LogP contribution in [0.3, 0.4) is 0 Å². The van der Waals surface area contributed by atoms with Crippen LogP contribution in [0.1, 0.15) is 48.4 Å². The fourth-order valence-corrected chi connectivity index (χ4v) is 4.66. The average Bonchev–Trinajstić information content (AvgIpc) is 3.18. The van der Waals surface area contributed by atoms with Crippen LogP contribution in [-0.4, -0.2) is 23.3 Å². The Morgan fingerprint density at radius 2 is 1.85 bits per heavy atom. The number of rotatable bonds is 3. The van der Waals surface area contributed by atoms with Gasteiger partial charge in [-0.25, -0.2) is 0 Å². The predicted octanol–water partition coefficient (Wildman–Crippen LogP) is 2.91. The Morgan fingerprint density at radius 3 is 2.54 bits per heavy atom. The highest BCUT2D eigenvalue weighted by Gasteiger charge is 2.48. The molecule has 0 aromatic heterocycles. The highest BCUT2D eigenvalue weighted by Crippen LogP contribution is 2.44. The Labute approximate surface area is 154 Å². The summed E-state index contributed by atoms with van der Waals surface area (Å²) < 4.78 is 0. The summed E-state index contributed by atoms with van der Waals surface area (Å²) in [5.41, 5.74) is 8.17. The summed E-state index contributed by atoms with van der Waals surface area (Å²) in [5, 5.41) is 0. The largest absolute Gasteiger partial charge is 0.368 e. The van der Waals surface area contributed by atoms with E-state index in [9.17, 15) is 9.59 Å². The van der Waals surface area contributed by atoms with E-state index in [-0.39, 0.29) is 5.91 Å². The number of carbonyl (C=O) groups excluding carboxylic acids is 2. The van der Waals surface area contributed by atoms with E-state index in [1.165, 1.54) is 0 Å². The molecular formula is C22H23N2O2. The van der Waals surface area contributed by atoms with Crippen LogP contribution in [-0.2, 0) is 21.4 Å². The zero-order valence-electron chi connectivity index (χ0n) is 14.8. The Balaban J connectivity index is 1.76. The summed E-state index contributed by atoms with van der Waals surface area (Å²) in [6, 6.07) is 17.9. The second kappa shape index (κ2) is 6.60. The second-order valence-corrected chi connectivity index (χ2v) is 7.33. The monoisotopic (exact) mass is 347 g/mol. The van der Waals surface area contributed by atoms with Gasteiger partial charge in [-0.15, -0.1) is 0 Å². The zero-order chi connectivity index (χ0) is 18.1. The molecule has 133 valence electrons. The topological polar surface area (TPSA) is 63.4 Å². The van der Waals surface area contributed by atoms with Gasteiger partial charge in [-0.2, -0.15) is 0 Å². The maximum atomic E-state index is 13.8. The third-order valence-electron chi connectivity index (χ3n) is 5.94. The molecule has 26 heavy (non-hydrogen) atoms. The summed E-state index contributed by atoms with van der Waals surface area (Å²) in [7, 11) is 0. The summed E-state index contributed by atoms with van der Waals surface area (Å²) in [4.78, 5) is 27.8. The summed E-state index contributed by atoms with van der Waals surface area (Å²) in [5.74, 6) is -0.421. The fourth-order valence-electron chi connectivity index (χ4n) is 4.66. The molecule has 2 aliphatic rings. The van der Waals surface area contributed by atoms with Crippen molar-refractivity contribution in [3.63, 3.8) is 0 Å². The molecule has 2 aromatic rings. The minimum atomic E-state index is -0.693. The molecule has 4 nitrogen and oxygen atoms in total. The third kappa shape index (κ3) is 2.61. The standard InChI is InChI=1S/C22H23N2O2/c23-20(25)19-18-11-5-4-8-16(18)12-15-24(19)21(26)22(13-6-7-14-22)17-9-2-1-3-10-17/h1-3,5,8-11,19H,6-7,12-15H2,(H2,23,25). The van der Waals surface area contributed by atoms with Crippen molar-refractivity contribution in [2.24, 2.45) is 5.73 Å². The van der Waals surface area contributed by atoms with Crippen LogP contribution in [0.15, 0.2) is 48.5 Å². The second-order valence-electron chi connectivity index (χ2n) is 7.33. The van der Waals surface area contributed by atoms with E-state index in [4.69, 9.17) is 5.73 Å². The van der Waals surface area contributed by atoms with E-state index >= 15 is 0 Å². The summed E-state index contributed by atoms with van der Waals surface area (Å²) >= 11 is 0. The van der Waals surface area contributed by atoms with Crippen molar-refractivity contribution < 1.29 is 9.59 Å². The first kappa shape index (κ1) is 16.8. The smallest absolute Gasteiger partial charge is 0.244 e. The first-order valence-corrected chi connectivity index (χ1v) is 9.28. The Morgan fingerprint density at radius 1 is 1.12 bits per heavy atom. The molecule has 1 aliphatic heterocycles. The van der Waals surface area contributed by atoms with Gasteiger partial charge in [-0.3, -0.25) is 9.59 Å². The number of amides is 2. The van der Waals surface area contributed by atoms with E-state index in [0.29, 0.717) is 6.54 Å². The van der Waals surface area contributed by atoms with E-state index in [0.717, 1.165) is 48.8 Å². The van der Waals surface area contributed by atoms with E-state index in [2.05, 4.69) is 6.07 Å². The Bertz CT molecular complexity index is 825. The van der Waals surface area contributed by atoms with Gasteiger partial charge in [0.05, 0.1) is 5.41 Å². The molecule has 1 aliphatic carbocycles. The summed E-state index contributed by atoms with van der Waals surface area (Å²) in [6.45, 7) is 0.520. The normalized spacial score (nSPS) is 21.2. The molecule has 2 N–H and O–H groups in total. The molecular weight excluding hydrogens is 324 g/mol. The third-order valence-corrected chi connectivity index (χ3v) is 5.94. The molecule has 1 radical (unpaired) electrons. The van der Waals surface area contributed by atoms with Crippen LogP contribution >= 0.6 is 0 Å². The van der Waals surface area contributed by atoms with Crippen molar-refractivity contribution in [1.82, 2.24) is 4.90 Å². The molecule has 0 bridgehead atoms. The van der Waals surface area contributed by atoms with Crippen LogP contribution in [0, 0.1) is 6.07 Å². The number of benzene rings is 2. The number of nitrogens with zero attached hydrogens (tertiary/aromatic N) is 1. The maximum Gasteiger partial charge on any atom is 0.244 e. The molecule has 1 atom stereocenters. The Kier molecular flexibility index (Phi) is 4.27. The van der Waals surface area contributed by atoms with Gasteiger partial charge in [0, 0.05) is 6.54 Å². The average molecular weight is 347 g/mol. The van der Waals surface area contributed by atoms with E-state index < -0.39 is 17.4 Å². The SMILES string of the molecule is NC(=O)C1c2cc[c]cc2CCN1C(=O)C1(c2ccccc2)CCCC1. The van der Waals surface area contributed by atoms with Gasteiger partial charge in [0.2, 0.25) is 11.8 Å². The molecule has 4 heteroatoms. The minimum absolute atomic E-state index is 0.0449. The van der Waals surface area contributed by atoms with Crippen molar-refractivity contribution in [1.29, 1.82) is 0 Å². The van der Waals surface area contributed by atoms with Crippen molar-refractivity contribution >= 4 is 11.8 Å². The molecule has 2 amide bonds. The highest BCUT2D eigenvalue weighted by atomic mass is 16.2. The number of hydrogen-bond donors (Lipinski definition) is 1. The van der Waals surface area contributed by atoms with Gasteiger partial charge in [-0.05, 0) is 42.0 Å². The zero-order valence-corrected chi connectivity index (χ0v) is 14.8. The van der Waals surface area contributed by atoms with Crippen molar-refractivity contribution in [3.8, 4) is 0 Å². The maximum absolute atomic E-state index is 13.8. The molecule has 0 spiro atoms. The van der Waals surface area contributed by atoms with Gasteiger partial charge >= 0.3 is 0 Å². The Hall–Kier alpha value is -2.62. The van der Waals surface area contributed by atoms with Crippen LogP contribution in [0.25, 0.3) is 0 Å². The lowest BCUT2D eigenvalue weighted by atomic mass is 9.76. The number of primary amides is 1. The van der Waals surface area contributed by atoms with Crippen LogP contribution in [0.4, 0.5) is 0 Å². The number of nitrogens with two attached hydrogens (primary N) is 1. The van der Waals surface area contributed by atoms with Gasteiger partial charge in [-0.1, -0.05) is 61.4 Å². The van der Waals surface area contributed by atoms with E-state index in [1.807, 2.05) is 42.5 Å². The molecule has 1 fully saturated rings. The first-order chi connectivity index (χ1) is 12.6. The van der Waals surface area contributed by atoms with Gasteiger partial charge in [0.1, 0.15) is 6.04 Å². The fraction of sp³-hybridized carbons (Fsp3) is 0.364. The molecule has 0 saturated heterocycles. The van der Waals surface area contributed by atoms with Crippen molar-refractivity contribution in [2.75, 3.05) is 6.54 Å². The molecule has 2 aromatic carbocycles. The lowest BCUT2D eigenvalue weighted by molar-refractivity contribution is -0.145. The predicted molar refractivity (Wildman–Crippen MR) is 99.2 cm³/mol. The summed E-state index contributed by atoms with van der Waals surface area (Å²) in [6.07, 6.45) is 4.44. The highest BCUT2D eigenvalue weighted by molar-refractivity contribution is 5.94. The lowest BCUT2D eigenvalue weighted by Gasteiger charge is -2.41. The molecule has 1 heterocycles. The molecule has 1 unspecified atom stereocenters. The molecule has 4 rings (SSSR count). The first-order valence-electron chi connectivity index (χ1n) is 9.28. The van der Waals surface area contributed by atoms with Gasteiger partial charge < -0.3 is 10.6 Å². The lowest BCUT2D eigenvalue weighted by Crippen LogP contribution is -2.52. The molecule has 1 saturated carbocycles. The van der Waals surface area contributed by atoms with Crippen LogP contribution in [0.2, 0.25) is 0 Å². The number of hydrogen-bond acceptors (Lipinski definition) is 2. The van der Waals surface area contributed by atoms with Gasteiger partial charge in [0.15, 0.2) is 0 Å².